The number of anilines is 1. The lowest BCUT2D eigenvalue weighted by Gasteiger charge is -2.03. The van der Waals surface area contributed by atoms with E-state index in [-0.39, 0.29) is 0 Å². The van der Waals surface area contributed by atoms with Crippen molar-refractivity contribution in [3.63, 3.8) is 0 Å². The molecule has 0 spiro atoms. The molecule has 0 bridgehead atoms. The molecule has 1 aromatic heterocycles. The third kappa shape index (κ3) is 1.80. The average molecular weight is 204 g/mol. The molecule has 0 amide bonds. The van der Waals surface area contributed by atoms with E-state index in [0.29, 0.717) is 6.54 Å². The number of imidazole rings is 1. The Hall–Kier alpha value is -1.55. The zero-order chi connectivity index (χ0) is 10.8. The Morgan fingerprint density at radius 1 is 1.47 bits per heavy atom. The summed E-state index contributed by atoms with van der Waals surface area (Å²) < 4.78 is 2.05. The quantitative estimate of drug-likeness (QED) is 0.791. The summed E-state index contributed by atoms with van der Waals surface area (Å²) in [5.74, 6) is 0.876. The molecule has 2 aromatic rings. The Kier molecular flexibility index (Phi) is 2.60. The van der Waals surface area contributed by atoms with E-state index >= 15 is 0 Å². The maximum atomic E-state index is 5.45. The molecule has 4 nitrogen and oxygen atoms in total. The summed E-state index contributed by atoms with van der Waals surface area (Å²) in [4.78, 5) is 4.49. The molecular weight excluding hydrogens is 188 g/mol. The predicted molar refractivity (Wildman–Crippen MR) is 63.0 cm³/mol. The van der Waals surface area contributed by atoms with Gasteiger partial charge in [-0.25, -0.2) is 4.98 Å². The lowest BCUT2D eigenvalue weighted by molar-refractivity contribution is 0.915. The van der Waals surface area contributed by atoms with Gasteiger partial charge in [-0.05, 0) is 24.6 Å². The van der Waals surface area contributed by atoms with Crippen molar-refractivity contribution in [2.45, 2.75) is 6.92 Å². The van der Waals surface area contributed by atoms with Crippen LogP contribution in [0.3, 0.4) is 0 Å². The number of benzene rings is 1. The van der Waals surface area contributed by atoms with Crippen molar-refractivity contribution in [3.8, 4) is 0 Å². The number of rotatable bonds is 3. The highest BCUT2D eigenvalue weighted by Crippen LogP contribution is 2.18. The number of hydrogen-bond donors (Lipinski definition) is 2. The van der Waals surface area contributed by atoms with Crippen LogP contribution in [0.2, 0.25) is 0 Å². The fourth-order valence-corrected chi connectivity index (χ4v) is 1.64. The molecule has 0 radical (unpaired) electrons. The van der Waals surface area contributed by atoms with Gasteiger partial charge in [-0.1, -0.05) is 6.07 Å². The molecule has 3 N–H and O–H groups in total. The Morgan fingerprint density at radius 2 is 2.27 bits per heavy atom. The highest BCUT2D eigenvalue weighted by atomic mass is 15.2. The standard InChI is InChI=1S/C11H16N4/c1-8-3-4-9-10(7-8)15(2)11(14-9)13-6-5-12/h3-4,7H,5-6,12H2,1-2H3,(H,13,14). The third-order valence-corrected chi connectivity index (χ3v) is 2.46. The van der Waals surface area contributed by atoms with E-state index in [9.17, 15) is 0 Å². The van der Waals surface area contributed by atoms with Crippen LogP contribution in [0.4, 0.5) is 5.95 Å². The maximum Gasteiger partial charge on any atom is 0.203 e. The molecule has 0 saturated heterocycles. The van der Waals surface area contributed by atoms with Crippen molar-refractivity contribution in [1.29, 1.82) is 0 Å². The van der Waals surface area contributed by atoms with Crippen LogP contribution in [0, 0.1) is 6.92 Å². The summed E-state index contributed by atoms with van der Waals surface area (Å²) in [5, 5.41) is 3.20. The Balaban J connectivity index is 2.45. The zero-order valence-electron chi connectivity index (χ0n) is 9.12. The normalized spacial score (nSPS) is 10.9. The van der Waals surface area contributed by atoms with Gasteiger partial charge in [0, 0.05) is 20.1 Å². The molecule has 1 heterocycles. The van der Waals surface area contributed by atoms with Gasteiger partial charge < -0.3 is 15.6 Å². The van der Waals surface area contributed by atoms with E-state index in [1.54, 1.807) is 0 Å². The molecule has 0 fully saturated rings. The molecular formula is C11H16N4. The van der Waals surface area contributed by atoms with E-state index in [0.717, 1.165) is 23.5 Å². The molecule has 1 aromatic carbocycles. The smallest absolute Gasteiger partial charge is 0.203 e. The van der Waals surface area contributed by atoms with Gasteiger partial charge in [-0.2, -0.15) is 0 Å². The lowest BCUT2D eigenvalue weighted by atomic mass is 10.2. The number of nitrogens with two attached hydrogens (primary N) is 1. The highest BCUT2D eigenvalue weighted by Gasteiger charge is 2.06. The minimum Gasteiger partial charge on any atom is -0.354 e. The van der Waals surface area contributed by atoms with E-state index < -0.39 is 0 Å². The number of nitrogens with zero attached hydrogens (tertiary/aromatic N) is 2. The van der Waals surface area contributed by atoms with Gasteiger partial charge in [0.15, 0.2) is 0 Å². The second-order valence-electron chi connectivity index (χ2n) is 3.70. The Labute approximate surface area is 89.1 Å². The number of nitrogens with one attached hydrogen (secondary N) is 1. The molecule has 15 heavy (non-hydrogen) atoms. The molecule has 2 rings (SSSR count). The third-order valence-electron chi connectivity index (χ3n) is 2.46. The molecule has 0 unspecified atom stereocenters. The first-order chi connectivity index (χ1) is 7.22. The van der Waals surface area contributed by atoms with Gasteiger partial charge >= 0.3 is 0 Å². The molecule has 0 saturated carbocycles. The van der Waals surface area contributed by atoms with Crippen LogP contribution < -0.4 is 11.1 Å². The minimum absolute atomic E-state index is 0.613. The molecule has 0 atom stereocenters. The summed E-state index contributed by atoms with van der Waals surface area (Å²) >= 11 is 0. The number of aromatic nitrogens is 2. The largest absolute Gasteiger partial charge is 0.354 e. The van der Waals surface area contributed by atoms with E-state index in [1.807, 2.05) is 13.1 Å². The topological polar surface area (TPSA) is 55.9 Å². The van der Waals surface area contributed by atoms with Crippen molar-refractivity contribution in [2.24, 2.45) is 12.8 Å². The van der Waals surface area contributed by atoms with Crippen molar-refractivity contribution < 1.29 is 0 Å². The van der Waals surface area contributed by atoms with Crippen LogP contribution >= 0.6 is 0 Å². The molecule has 0 aliphatic heterocycles. The molecule has 0 aliphatic carbocycles. The monoisotopic (exact) mass is 204 g/mol. The first-order valence-electron chi connectivity index (χ1n) is 5.09. The van der Waals surface area contributed by atoms with Crippen molar-refractivity contribution in [3.05, 3.63) is 23.8 Å². The summed E-state index contributed by atoms with van der Waals surface area (Å²) in [6.45, 7) is 3.44. The number of fused-ring (bicyclic) bond motifs is 1. The van der Waals surface area contributed by atoms with E-state index in [2.05, 4.69) is 33.9 Å². The molecule has 0 aliphatic rings. The lowest BCUT2D eigenvalue weighted by Crippen LogP contribution is -2.15. The van der Waals surface area contributed by atoms with Gasteiger partial charge in [-0.15, -0.1) is 0 Å². The van der Waals surface area contributed by atoms with Crippen LogP contribution in [0.5, 0.6) is 0 Å². The molecule has 4 heteroatoms. The van der Waals surface area contributed by atoms with E-state index in [4.69, 9.17) is 5.73 Å². The van der Waals surface area contributed by atoms with Crippen LogP contribution in [0.1, 0.15) is 5.56 Å². The second-order valence-corrected chi connectivity index (χ2v) is 3.70. The fraction of sp³-hybridized carbons (Fsp3) is 0.364. The summed E-state index contributed by atoms with van der Waals surface area (Å²) in [6, 6.07) is 6.25. The van der Waals surface area contributed by atoms with Gasteiger partial charge in [0.25, 0.3) is 0 Å². The summed E-state index contributed by atoms with van der Waals surface area (Å²) in [6.07, 6.45) is 0. The summed E-state index contributed by atoms with van der Waals surface area (Å²) in [7, 11) is 2.01. The van der Waals surface area contributed by atoms with Crippen molar-refractivity contribution in [1.82, 2.24) is 9.55 Å². The van der Waals surface area contributed by atoms with Gasteiger partial charge in [-0.3, -0.25) is 0 Å². The highest BCUT2D eigenvalue weighted by molar-refractivity contribution is 5.79. The molecule has 80 valence electrons. The van der Waals surface area contributed by atoms with Crippen molar-refractivity contribution in [2.75, 3.05) is 18.4 Å². The van der Waals surface area contributed by atoms with Crippen LogP contribution in [0.15, 0.2) is 18.2 Å². The van der Waals surface area contributed by atoms with E-state index in [1.165, 1.54) is 5.56 Å². The number of hydrogen-bond acceptors (Lipinski definition) is 3. The first kappa shape index (κ1) is 9.98. The fourth-order valence-electron chi connectivity index (χ4n) is 1.64. The van der Waals surface area contributed by atoms with Crippen LogP contribution in [0.25, 0.3) is 11.0 Å². The van der Waals surface area contributed by atoms with Crippen molar-refractivity contribution >= 4 is 17.0 Å². The van der Waals surface area contributed by atoms with Crippen LogP contribution in [-0.2, 0) is 7.05 Å². The zero-order valence-corrected chi connectivity index (χ0v) is 9.12. The average Bonchev–Trinajstić information content (AvgIpc) is 2.53. The Bertz CT molecular complexity index is 473. The first-order valence-corrected chi connectivity index (χ1v) is 5.09. The van der Waals surface area contributed by atoms with Crippen LogP contribution in [-0.4, -0.2) is 22.6 Å². The second kappa shape index (κ2) is 3.90. The van der Waals surface area contributed by atoms with Gasteiger partial charge in [0.05, 0.1) is 11.0 Å². The van der Waals surface area contributed by atoms with Gasteiger partial charge in [0.1, 0.15) is 0 Å². The number of aryl methyl sites for hydroxylation is 2. The Morgan fingerprint density at radius 3 is 3.00 bits per heavy atom. The minimum atomic E-state index is 0.613. The summed E-state index contributed by atoms with van der Waals surface area (Å²) in [5.41, 5.74) is 8.86. The predicted octanol–water partition coefficient (Wildman–Crippen LogP) is 1.25. The van der Waals surface area contributed by atoms with Gasteiger partial charge in [0.2, 0.25) is 5.95 Å². The SMILES string of the molecule is Cc1ccc2nc(NCCN)n(C)c2c1. The maximum absolute atomic E-state index is 5.45.